The van der Waals surface area contributed by atoms with Crippen LogP contribution in [0.2, 0.25) is 0 Å². The molecule has 0 aromatic carbocycles. The maximum atomic E-state index is 5.85. The molecule has 2 bridgehead atoms. The van der Waals surface area contributed by atoms with Gasteiger partial charge in [0.15, 0.2) is 0 Å². The van der Waals surface area contributed by atoms with Crippen LogP contribution in [-0.2, 0) is 4.74 Å². The second-order valence-electron chi connectivity index (χ2n) is 6.06. The molecule has 0 aliphatic heterocycles. The lowest BCUT2D eigenvalue weighted by Crippen LogP contribution is -2.39. The summed E-state index contributed by atoms with van der Waals surface area (Å²) in [5, 5.41) is 0. The predicted molar refractivity (Wildman–Crippen MR) is 63.9 cm³/mol. The topological polar surface area (TPSA) is 9.23 Å². The summed E-state index contributed by atoms with van der Waals surface area (Å²) in [6.07, 6.45) is 9.89. The van der Waals surface area contributed by atoms with E-state index in [0.717, 1.165) is 31.5 Å². The normalized spacial score (nSPS) is 40.4. The molecule has 0 N–H and O–H groups in total. The minimum Gasteiger partial charge on any atom is -0.381 e. The van der Waals surface area contributed by atoms with Crippen molar-refractivity contribution >= 4 is 0 Å². The molecule has 0 radical (unpaired) electrons. The fraction of sp³-hybridized carbons (Fsp3) is 1.00. The van der Waals surface area contributed by atoms with E-state index in [9.17, 15) is 0 Å². The SMILES string of the molecule is CCCOCC12CCCC(C[C@@H](C)C1)C2. The maximum absolute atomic E-state index is 5.85. The van der Waals surface area contributed by atoms with Crippen LogP contribution in [0.5, 0.6) is 0 Å². The number of ether oxygens (including phenoxy) is 1. The minimum absolute atomic E-state index is 0.579. The number of hydrogen-bond donors (Lipinski definition) is 0. The zero-order valence-corrected chi connectivity index (χ0v) is 10.4. The second-order valence-corrected chi connectivity index (χ2v) is 6.06. The Morgan fingerprint density at radius 3 is 3.00 bits per heavy atom. The van der Waals surface area contributed by atoms with Crippen LogP contribution >= 0.6 is 0 Å². The number of rotatable bonds is 4. The summed E-state index contributed by atoms with van der Waals surface area (Å²) < 4.78 is 5.85. The minimum atomic E-state index is 0.579. The summed E-state index contributed by atoms with van der Waals surface area (Å²) in [7, 11) is 0. The molecular weight excluding hydrogens is 184 g/mol. The summed E-state index contributed by atoms with van der Waals surface area (Å²) in [4.78, 5) is 0. The molecule has 0 amide bonds. The molecule has 1 nitrogen and oxygen atoms in total. The second kappa shape index (κ2) is 4.86. The molecule has 2 saturated carbocycles. The lowest BCUT2D eigenvalue weighted by Gasteiger charge is -2.47. The average molecular weight is 210 g/mol. The Hall–Kier alpha value is -0.0400. The molecule has 2 fully saturated rings. The largest absolute Gasteiger partial charge is 0.381 e. The number of hydrogen-bond acceptors (Lipinski definition) is 1. The molecule has 15 heavy (non-hydrogen) atoms. The Morgan fingerprint density at radius 1 is 1.33 bits per heavy atom. The van der Waals surface area contributed by atoms with E-state index in [1.54, 1.807) is 0 Å². The molecule has 2 rings (SSSR count). The third kappa shape index (κ3) is 2.75. The third-order valence-corrected chi connectivity index (χ3v) is 4.32. The Labute approximate surface area is 94.6 Å². The summed E-state index contributed by atoms with van der Waals surface area (Å²) in [6.45, 7) is 6.64. The molecule has 0 saturated heterocycles. The van der Waals surface area contributed by atoms with Crippen LogP contribution < -0.4 is 0 Å². The predicted octanol–water partition coefficient (Wildman–Crippen LogP) is 4.02. The van der Waals surface area contributed by atoms with E-state index >= 15 is 0 Å². The lowest BCUT2D eigenvalue weighted by atomic mass is 9.59. The van der Waals surface area contributed by atoms with Gasteiger partial charge in [-0.05, 0) is 49.4 Å². The van der Waals surface area contributed by atoms with Crippen molar-refractivity contribution in [3.63, 3.8) is 0 Å². The van der Waals surface area contributed by atoms with Crippen molar-refractivity contribution in [1.29, 1.82) is 0 Å². The Bertz CT molecular complexity index is 198. The van der Waals surface area contributed by atoms with Crippen molar-refractivity contribution in [2.75, 3.05) is 13.2 Å². The van der Waals surface area contributed by atoms with Gasteiger partial charge in [-0.1, -0.05) is 26.7 Å². The van der Waals surface area contributed by atoms with E-state index < -0.39 is 0 Å². The molecule has 1 heteroatoms. The Balaban J connectivity index is 1.91. The van der Waals surface area contributed by atoms with Crippen LogP contribution in [0.25, 0.3) is 0 Å². The van der Waals surface area contributed by atoms with Crippen molar-refractivity contribution in [2.45, 2.75) is 58.8 Å². The summed E-state index contributed by atoms with van der Waals surface area (Å²) in [6, 6.07) is 0. The van der Waals surface area contributed by atoms with Crippen molar-refractivity contribution in [2.24, 2.45) is 17.3 Å². The molecule has 0 aromatic heterocycles. The van der Waals surface area contributed by atoms with Crippen LogP contribution in [0.4, 0.5) is 0 Å². The molecule has 2 unspecified atom stereocenters. The van der Waals surface area contributed by atoms with Crippen molar-refractivity contribution < 1.29 is 4.74 Å². The lowest BCUT2D eigenvalue weighted by molar-refractivity contribution is -0.0357. The fourth-order valence-electron chi connectivity index (χ4n) is 3.98. The summed E-state index contributed by atoms with van der Waals surface area (Å²) in [5.74, 6) is 1.96. The van der Waals surface area contributed by atoms with Gasteiger partial charge in [-0.15, -0.1) is 0 Å². The van der Waals surface area contributed by atoms with Gasteiger partial charge in [-0.25, -0.2) is 0 Å². The van der Waals surface area contributed by atoms with Gasteiger partial charge in [0.2, 0.25) is 0 Å². The first-order valence-electron chi connectivity index (χ1n) is 6.82. The van der Waals surface area contributed by atoms with Gasteiger partial charge in [-0.2, -0.15) is 0 Å². The van der Waals surface area contributed by atoms with E-state index in [2.05, 4.69) is 13.8 Å². The molecule has 88 valence electrons. The quantitative estimate of drug-likeness (QED) is 0.637. The Morgan fingerprint density at radius 2 is 2.20 bits per heavy atom. The van der Waals surface area contributed by atoms with E-state index in [1.165, 1.54) is 38.5 Å². The summed E-state index contributed by atoms with van der Waals surface area (Å²) in [5.41, 5.74) is 0.579. The van der Waals surface area contributed by atoms with Gasteiger partial charge in [-0.3, -0.25) is 0 Å². The van der Waals surface area contributed by atoms with Gasteiger partial charge >= 0.3 is 0 Å². The monoisotopic (exact) mass is 210 g/mol. The molecule has 0 aromatic rings. The first kappa shape index (κ1) is 11.4. The van der Waals surface area contributed by atoms with Gasteiger partial charge in [0, 0.05) is 6.61 Å². The standard InChI is InChI=1S/C14H26O/c1-3-7-15-11-14-6-4-5-13(10-14)8-12(2)9-14/h12-13H,3-11H2,1-2H3/t12-,13?,14?/m1/s1. The van der Waals surface area contributed by atoms with Gasteiger partial charge in [0.25, 0.3) is 0 Å². The van der Waals surface area contributed by atoms with Gasteiger partial charge in [0.1, 0.15) is 0 Å². The van der Waals surface area contributed by atoms with E-state index in [4.69, 9.17) is 4.74 Å². The molecule has 0 spiro atoms. The van der Waals surface area contributed by atoms with Gasteiger partial charge in [0.05, 0.1) is 6.61 Å². The van der Waals surface area contributed by atoms with Crippen molar-refractivity contribution in [3.8, 4) is 0 Å². The van der Waals surface area contributed by atoms with Crippen molar-refractivity contribution in [3.05, 3.63) is 0 Å². The smallest absolute Gasteiger partial charge is 0.0522 e. The number of fused-ring (bicyclic) bond motifs is 2. The van der Waals surface area contributed by atoms with Crippen molar-refractivity contribution in [1.82, 2.24) is 0 Å². The highest BCUT2D eigenvalue weighted by Gasteiger charge is 2.41. The Kier molecular flexibility index (Phi) is 3.71. The summed E-state index contributed by atoms with van der Waals surface area (Å²) >= 11 is 0. The molecule has 2 aliphatic rings. The fourth-order valence-corrected chi connectivity index (χ4v) is 3.98. The van der Waals surface area contributed by atoms with Crippen LogP contribution in [0, 0.1) is 17.3 Å². The van der Waals surface area contributed by atoms with Crippen LogP contribution in [-0.4, -0.2) is 13.2 Å². The molecule has 2 aliphatic carbocycles. The third-order valence-electron chi connectivity index (χ3n) is 4.32. The molecule has 3 atom stereocenters. The zero-order chi connectivity index (χ0) is 10.7. The molecule has 0 heterocycles. The highest BCUT2D eigenvalue weighted by Crippen LogP contribution is 2.50. The first-order valence-corrected chi connectivity index (χ1v) is 6.82. The maximum Gasteiger partial charge on any atom is 0.0522 e. The van der Waals surface area contributed by atoms with E-state index in [1.807, 2.05) is 0 Å². The zero-order valence-electron chi connectivity index (χ0n) is 10.4. The van der Waals surface area contributed by atoms with Crippen LogP contribution in [0.3, 0.4) is 0 Å². The van der Waals surface area contributed by atoms with E-state index in [0.29, 0.717) is 5.41 Å². The highest BCUT2D eigenvalue weighted by atomic mass is 16.5. The molecular formula is C14H26O. The average Bonchev–Trinajstić information content (AvgIpc) is 2.16. The van der Waals surface area contributed by atoms with Gasteiger partial charge < -0.3 is 4.74 Å². The van der Waals surface area contributed by atoms with Crippen LogP contribution in [0.15, 0.2) is 0 Å². The van der Waals surface area contributed by atoms with Crippen LogP contribution in [0.1, 0.15) is 58.8 Å². The van der Waals surface area contributed by atoms with E-state index in [-0.39, 0.29) is 0 Å². The first-order chi connectivity index (χ1) is 7.24. The highest BCUT2D eigenvalue weighted by molar-refractivity contribution is 4.92.